The SMILES string of the molecule is Cc1nc(C(F)(F)F)ccc1C(=O)Nc1ccc2c(c1)C(=O)N(C)C2=O. The molecule has 1 aliphatic rings. The molecule has 0 saturated heterocycles. The van der Waals surface area contributed by atoms with Gasteiger partial charge in [-0.15, -0.1) is 0 Å². The molecule has 0 bridgehead atoms. The number of nitrogens with one attached hydrogen (secondary N) is 1. The van der Waals surface area contributed by atoms with Crippen molar-refractivity contribution in [2.24, 2.45) is 0 Å². The number of rotatable bonds is 2. The third-order valence-electron chi connectivity index (χ3n) is 3.97. The van der Waals surface area contributed by atoms with Crippen LogP contribution in [0.4, 0.5) is 18.9 Å². The first-order valence-corrected chi connectivity index (χ1v) is 7.42. The summed E-state index contributed by atoms with van der Waals surface area (Å²) in [5.74, 6) is -1.60. The Balaban J connectivity index is 1.86. The highest BCUT2D eigenvalue weighted by Gasteiger charge is 2.34. The molecule has 0 atom stereocenters. The number of benzene rings is 1. The van der Waals surface area contributed by atoms with Crippen LogP contribution in [-0.4, -0.2) is 34.7 Å². The number of carbonyl (C=O) groups is 3. The molecule has 134 valence electrons. The van der Waals surface area contributed by atoms with Crippen molar-refractivity contribution in [3.8, 4) is 0 Å². The van der Waals surface area contributed by atoms with E-state index in [-0.39, 0.29) is 28.1 Å². The fourth-order valence-corrected chi connectivity index (χ4v) is 2.60. The van der Waals surface area contributed by atoms with Crippen LogP contribution in [0.2, 0.25) is 0 Å². The molecule has 0 unspecified atom stereocenters. The molecule has 3 rings (SSSR count). The molecule has 0 aliphatic carbocycles. The van der Waals surface area contributed by atoms with E-state index in [1.54, 1.807) is 0 Å². The van der Waals surface area contributed by atoms with Crippen molar-refractivity contribution in [2.45, 2.75) is 13.1 Å². The van der Waals surface area contributed by atoms with E-state index in [0.717, 1.165) is 17.0 Å². The molecular formula is C17H12F3N3O3. The topological polar surface area (TPSA) is 79.4 Å². The Hall–Kier alpha value is -3.23. The van der Waals surface area contributed by atoms with Gasteiger partial charge >= 0.3 is 6.18 Å². The van der Waals surface area contributed by atoms with E-state index in [2.05, 4.69) is 10.3 Å². The van der Waals surface area contributed by atoms with Gasteiger partial charge in [0, 0.05) is 12.7 Å². The standard InChI is InChI=1S/C17H12F3N3O3/c1-8-10(5-6-13(21-8)17(18,19)20)14(24)22-9-3-4-11-12(7-9)16(26)23(2)15(11)25/h3-7H,1-2H3,(H,22,24). The van der Waals surface area contributed by atoms with Gasteiger partial charge in [-0.05, 0) is 37.3 Å². The molecule has 0 radical (unpaired) electrons. The third kappa shape index (κ3) is 2.92. The summed E-state index contributed by atoms with van der Waals surface area (Å²) in [5, 5.41) is 2.49. The van der Waals surface area contributed by atoms with Crippen LogP contribution in [-0.2, 0) is 6.18 Å². The maximum Gasteiger partial charge on any atom is 0.433 e. The third-order valence-corrected chi connectivity index (χ3v) is 3.97. The Morgan fingerprint density at radius 1 is 1.08 bits per heavy atom. The van der Waals surface area contributed by atoms with Crippen molar-refractivity contribution in [1.82, 2.24) is 9.88 Å². The number of nitrogens with zero attached hydrogens (tertiary/aromatic N) is 2. The minimum absolute atomic E-state index is 0.0296. The van der Waals surface area contributed by atoms with Crippen LogP contribution < -0.4 is 5.32 Å². The summed E-state index contributed by atoms with van der Waals surface area (Å²) < 4.78 is 37.9. The zero-order chi connectivity index (χ0) is 19.2. The van der Waals surface area contributed by atoms with Crippen LogP contribution in [0.3, 0.4) is 0 Å². The molecule has 3 amide bonds. The van der Waals surface area contributed by atoms with Crippen LogP contribution in [0.5, 0.6) is 0 Å². The summed E-state index contributed by atoms with van der Waals surface area (Å²) in [7, 11) is 1.35. The van der Waals surface area contributed by atoms with E-state index in [0.29, 0.717) is 0 Å². The smallest absolute Gasteiger partial charge is 0.322 e. The number of imide groups is 1. The molecule has 1 aromatic carbocycles. The van der Waals surface area contributed by atoms with E-state index in [1.165, 1.54) is 32.2 Å². The predicted octanol–water partition coefficient (Wildman–Crippen LogP) is 2.89. The van der Waals surface area contributed by atoms with E-state index < -0.39 is 29.6 Å². The lowest BCUT2D eigenvalue weighted by atomic mass is 10.1. The largest absolute Gasteiger partial charge is 0.433 e. The number of halogens is 3. The van der Waals surface area contributed by atoms with Crippen LogP contribution in [0, 0.1) is 6.92 Å². The second kappa shape index (κ2) is 5.94. The van der Waals surface area contributed by atoms with Gasteiger partial charge in [0.25, 0.3) is 17.7 Å². The maximum absolute atomic E-state index is 12.6. The van der Waals surface area contributed by atoms with Gasteiger partial charge in [0.1, 0.15) is 5.69 Å². The number of carbonyl (C=O) groups excluding carboxylic acids is 3. The lowest BCUT2D eigenvalue weighted by Crippen LogP contribution is -2.24. The summed E-state index contributed by atoms with van der Waals surface area (Å²) in [6.07, 6.45) is -4.60. The number of anilines is 1. The number of aryl methyl sites for hydroxylation is 1. The Kier molecular flexibility index (Phi) is 4.02. The van der Waals surface area contributed by atoms with Crippen molar-refractivity contribution in [1.29, 1.82) is 0 Å². The fourth-order valence-electron chi connectivity index (χ4n) is 2.60. The molecule has 1 aliphatic heterocycles. The molecule has 2 heterocycles. The molecular weight excluding hydrogens is 351 g/mol. The first-order valence-electron chi connectivity index (χ1n) is 7.42. The van der Waals surface area contributed by atoms with Crippen molar-refractivity contribution < 1.29 is 27.6 Å². The number of aromatic nitrogens is 1. The van der Waals surface area contributed by atoms with Crippen molar-refractivity contribution in [2.75, 3.05) is 12.4 Å². The van der Waals surface area contributed by atoms with E-state index >= 15 is 0 Å². The number of amides is 3. The first-order chi connectivity index (χ1) is 12.1. The van der Waals surface area contributed by atoms with Gasteiger partial charge in [-0.25, -0.2) is 4.98 Å². The molecule has 1 aromatic heterocycles. The molecule has 0 saturated carbocycles. The van der Waals surface area contributed by atoms with Crippen molar-refractivity contribution in [3.63, 3.8) is 0 Å². The summed E-state index contributed by atoms with van der Waals surface area (Å²) in [4.78, 5) is 40.5. The highest BCUT2D eigenvalue weighted by molar-refractivity contribution is 6.21. The Morgan fingerprint density at radius 2 is 1.73 bits per heavy atom. The minimum Gasteiger partial charge on any atom is -0.322 e. The van der Waals surface area contributed by atoms with Gasteiger partial charge in [0.2, 0.25) is 0 Å². The second-order valence-electron chi connectivity index (χ2n) is 5.71. The normalized spacial score (nSPS) is 13.8. The highest BCUT2D eigenvalue weighted by Crippen LogP contribution is 2.29. The molecule has 26 heavy (non-hydrogen) atoms. The van der Waals surface area contributed by atoms with Crippen LogP contribution >= 0.6 is 0 Å². The number of alkyl halides is 3. The molecule has 0 spiro atoms. The van der Waals surface area contributed by atoms with E-state index in [1.807, 2.05) is 0 Å². The van der Waals surface area contributed by atoms with Gasteiger partial charge in [-0.2, -0.15) is 13.2 Å². The summed E-state index contributed by atoms with van der Waals surface area (Å²) >= 11 is 0. The zero-order valence-electron chi connectivity index (χ0n) is 13.6. The number of hydrogen-bond donors (Lipinski definition) is 1. The van der Waals surface area contributed by atoms with Crippen LogP contribution in [0.25, 0.3) is 0 Å². The first kappa shape index (κ1) is 17.6. The molecule has 2 aromatic rings. The van der Waals surface area contributed by atoms with Crippen molar-refractivity contribution >= 4 is 23.4 Å². The van der Waals surface area contributed by atoms with Crippen molar-refractivity contribution in [3.05, 3.63) is 58.4 Å². The fraction of sp³-hybridized carbons (Fsp3) is 0.176. The van der Waals surface area contributed by atoms with Gasteiger partial charge < -0.3 is 5.32 Å². The lowest BCUT2D eigenvalue weighted by Gasteiger charge is -2.11. The zero-order valence-corrected chi connectivity index (χ0v) is 13.6. The predicted molar refractivity (Wildman–Crippen MR) is 84.8 cm³/mol. The van der Waals surface area contributed by atoms with Gasteiger partial charge in [-0.3, -0.25) is 19.3 Å². The Labute approximate surface area is 145 Å². The molecule has 9 heteroatoms. The monoisotopic (exact) mass is 363 g/mol. The average Bonchev–Trinajstić information content (AvgIpc) is 2.78. The molecule has 0 fully saturated rings. The van der Waals surface area contributed by atoms with Gasteiger partial charge in [0.05, 0.1) is 22.4 Å². The average molecular weight is 363 g/mol. The lowest BCUT2D eigenvalue weighted by molar-refractivity contribution is -0.141. The number of hydrogen-bond acceptors (Lipinski definition) is 4. The number of pyridine rings is 1. The Bertz CT molecular complexity index is 954. The minimum atomic E-state index is -4.60. The van der Waals surface area contributed by atoms with E-state index in [9.17, 15) is 27.6 Å². The summed E-state index contributed by atoms with van der Waals surface area (Å²) in [6, 6.07) is 5.96. The molecule has 1 N–H and O–H groups in total. The molecule has 6 nitrogen and oxygen atoms in total. The highest BCUT2D eigenvalue weighted by atomic mass is 19.4. The Morgan fingerprint density at radius 3 is 2.35 bits per heavy atom. The quantitative estimate of drug-likeness (QED) is 0.832. The second-order valence-corrected chi connectivity index (χ2v) is 5.71. The van der Waals surface area contributed by atoms with Gasteiger partial charge in [0.15, 0.2) is 0 Å². The maximum atomic E-state index is 12.6. The van der Waals surface area contributed by atoms with E-state index in [4.69, 9.17) is 0 Å². The van der Waals surface area contributed by atoms with Gasteiger partial charge in [-0.1, -0.05) is 0 Å². The number of fused-ring (bicyclic) bond motifs is 1. The summed E-state index contributed by atoms with van der Waals surface area (Å²) in [6.45, 7) is 1.30. The summed E-state index contributed by atoms with van der Waals surface area (Å²) in [5.41, 5.74) is -0.580. The van der Waals surface area contributed by atoms with Crippen LogP contribution in [0.1, 0.15) is 42.5 Å². The van der Waals surface area contributed by atoms with Crippen LogP contribution in [0.15, 0.2) is 30.3 Å².